The second-order valence-electron chi connectivity index (χ2n) is 5.42. The highest BCUT2D eigenvalue weighted by molar-refractivity contribution is 7.89. The van der Waals surface area contributed by atoms with E-state index in [-0.39, 0.29) is 24.5 Å². The lowest BCUT2D eigenvalue weighted by Gasteiger charge is -2.19. The smallest absolute Gasteiger partial charge is 0.432 e. The Bertz CT molecular complexity index is 994. The van der Waals surface area contributed by atoms with Crippen LogP contribution in [0.1, 0.15) is 10.6 Å². The zero-order valence-electron chi connectivity index (χ0n) is 13.6. The Balaban J connectivity index is 1.87. The maximum Gasteiger partial charge on any atom is 0.432 e. The number of furan rings is 1. The second-order valence-corrected chi connectivity index (χ2v) is 8.33. The van der Waals surface area contributed by atoms with E-state index in [0.717, 1.165) is 21.3 Å². The largest absolute Gasteiger partial charge is 0.442 e. The molecule has 0 fully saturated rings. The maximum absolute atomic E-state index is 12.8. The molecule has 146 valence electrons. The molecule has 7 nitrogen and oxygen atoms in total. The highest BCUT2D eigenvalue weighted by Crippen LogP contribution is 2.32. The quantitative estimate of drug-likeness (QED) is 0.611. The van der Waals surface area contributed by atoms with E-state index in [1.54, 1.807) is 17.5 Å². The maximum atomic E-state index is 12.8. The van der Waals surface area contributed by atoms with Crippen LogP contribution in [0.5, 0.6) is 0 Å². The Morgan fingerprint density at radius 1 is 1.30 bits per heavy atom. The summed E-state index contributed by atoms with van der Waals surface area (Å²) in [6, 6.07) is 6.62. The normalized spacial score (nSPS) is 12.8. The van der Waals surface area contributed by atoms with E-state index < -0.39 is 33.6 Å². The summed E-state index contributed by atoms with van der Waals surface area (Å²) in [6.07, 6.45) is -4.61. The number of H-pyrrole nitrogens is 1. The first-order valence-electron chi connectivity index (χ1n) is 7.58. The van der Waals surface area contributed by atoms with Crippen LogP contribution < -0.4 is 0 Å². The summed E-state index contributed by atoms with van der Waals surface area (Å²) in [4.78, 5) is 0.765. The fraction of sp³-hybridized carbons (Fsp3) is 0.267. The molecule has 2 N–H and O–H groups in total. The topological polar surface area (TPSA) is 99.4 Å². The lowest BCUT2D eigenvalue weighted by molar-refractivity contribution is -0.141. The van der Waals surface area contributed by atoms with E-state index >= 15 is 0 Å². The Hall–Kier alpha value is -2.15. The summed E-state index contributed by atoms with van der Waals surface area (Å²) in [5.74, 6) is -0.125. The minimum absolute atomic E-state index is 0.0389. The lowest BCUT2D eigenvalue weighted by atomic mass is 10.3. The molecular weight excluding hydrogens is 407 g/mol. The molecule has 0 unspecified atom stereocenters. The minimum Gasteiger partial charge on any atom is -0.442 e. The van der Waals surface area contributed by atoms with Crippen LogP contribution in [0.4, 0.5) is 13.2 Å². The number of sulfonamides is 1. The third-order valence-corrected chi connectivity index (χ3v) is 6.15. The third-order valence-electron chi connectivity index (χ3n) is 3.57. The molecule has 3 aromatic rings. The van der Waals surface area contributed by atoms with Gasteiger partial charge in [0.25, 0.3) is 10.0 Å². The Morgan fingerprint density at radius 3 is 2.67 bits per heavy atom. The van der Waals surface area contributed by atoms with Gasteiger partial charge in [0.05, 0.1) is 6.61 Å². The number of halogens is 3. The number of alkyl halides is 3. The predicted octanol–water partition coefficient (Wildman–Crippen LogP) is 2.93. The van der Waals surface area contributed by atoms with Crippen LogP contribution in [0, 0.1) is 0 Å². The van der Waals surface area contributed by atoms with Gasteiger partial charge in [-0.25, -0.2) is 8.42 Å². The van der Waals surface area contributed by atoms with Crippen molar-refractivity contribution >= 4 is 21.4 Å². The summed E-state index contributed by atoms with van der Waals surface area (Å²) in [7, 11) is -4.09. The zero-order chi connectivity index (χ0) is 19.7. The van der Waals surface area contributed by atoms with Gasteiger partial charge in [-0.1, -0.05) is 6.07 Å². The van der Waals surface area contributed by atoms with Crippen LogP contribution >= 0.6 is 11.3 Å². The SMILES string of the molecule is O=S(=O)(c1ccc(-c2cc(C(F)(F)F)[nH]n2)o1)N(CCO)Cc1cccs1. The number of nitrogens with one attached hydrogen (secondary N) is 1. The summed E-state index contributed by atoms with van der Waals surface area (Å²) >= 11 is 1.36. The van der Waals surface area contributed by atoms with Gasteiger partial charge in [0.15, 0.2) is 5.76 Å². The van der Waals surface area contributed by atoms with Gasteiger partial charge in [-0.2, -0.15) is 22.6 Å². The second kappa shape index (κ2) is 7.46. The number of rotatable bonds is 7. The van der Waals surface area contributed by atoms with Crippen molar-refractivity contribution in [3.05, 3.63) is 46.3 Å². The van der Waals surface area contributed by atoms with Gasteiger partial charge in [0.2, 0.25) is 5.09 Å². The minimum atomic E-state index is -4.61. The molecule has 27 heavy (non-hydrogen) atoms. The molecule has 0 amide bonds. The molecule has 12 heteroatoms. The van der Waals surface area contributed by atoms with Crippen molar-refractivity contribution < 1.29 is 31.1 Å². The number of nitrogens with zero attached hydrogens (tertiary/aromatic N) is 2. The molecule has 0 spiro atoms. The van der Waals surface area contributed by atoms with Crippen molar-refractivity contribution in [2.75, 3.05) is 13.2 Å². The van der Waals surface area contributed by atoms with Crippen LogP contribution in [0.2, 0.25) is 0 Å². The molecule has 0 saturated carbocycles. The van der Waals surface area contributed by atoms with E-state index in [9.17, 15) is 26.7 Å². The van der Waals surface area contributed by atoms with Crippen LogP contribution in [0.15, 0.2) is 45.2 Å². The molecule has 0 aliphatic rings. The van der Waals surface area contributed by atoms with Crippen molar-refractivity contribution in [3.63, 3.8) is 0 Å². The van der Waals surface area contributed by atoms with Crippen molar-refractivity contribution in [1.82, 2.24) is 14.5 Å². The van der Waals surface area contributed by atoms with Crippen molar-refractivity contribution in [3.8, 4) is 11.5 Å². The first-order valence-corrected chi connectivity index (χ1v) is 9.90. The van der Waals surface area contributed by atoms with Crippen LogP contribution in [0.3, 0.4) is 0 Å². The average Bonchev–Trinajstić information content (AvgIpc) is 3.33. The van der Waals surface area contributed by atoms with Crippen molar-refractivity contribution in [2.45, 2.75) is 17.8 Å². The molecular formula is C15H14F3N3O4S2. The monoisotopic (exact) mass is 421 g/mol. The molecule has 0 saturated heterocycles. The molecule has 0 bridgehead atoms. The van der Waals surface area contributed by atoms with E-state index in [2.05, 4.69) is 5.10 Å². The number of aromatic nitrogens is 2. The highest BCUT2D eigenvalue weighted by atomic mass is 32.2. The van der Waals surface area contributed by atoms with Crippen LogP contribution in [-0.4, -0.2) is 41.2 Å². The van der Waals surface area contributed by atoms with Gasteiger partial charge in [-0.15, -0.1) is 11.3 Å². The third kappa shape index (κ3) is 4.24. The molecule has 3 rings (SSSR count). The fourth-order valence-electron chi connectivity index (χ4n) is 2.29. The van der Waals surface area contributed by atoms with Crippen molar-refractivity contribution in [1.29, 1.82) is 0 Å². The van der Waals surface area contributed by atoms with E-state index in [4.69, 9.17) is 4.42 Å². The summed E-state index contributed by atoms with van der Waals surface area (Å²) in [5.41, 5.74) is -1.24. The first kappa shape index (κ1) is 19.6. The van der Waals surface area contributed by atoms with E-state index in [1.807, 2.05) is 5.10 Å². The number of aliphatic hydroxyl groups is 1. The Morgan fingerprint density at radius 2 is 2.07 bits per heavy atom. The van der Waals surface area contributed by atoms with Gasteiger partial charge in [0.1, 0.15) is 11.4 Å². The number of thiophene rings is 1. The first-order chi connectivity index (χ1) is 12.7. The van der Waals surface area contributed by atoms with Gasteiger partial charge in [-0.05, 0) is 29.6 Å². The summed E-state index contributed by atoms with van der Waals surface area (Å²) in [5, 5.41) is 15.9. The van der Waals surface area contributed by atoms with Gasteiger partial charge in [0, 0.05) is 18.0 Å². The fourth-order valence-corrected chi connectivity index (χ4v) is 4.41. The Kier molecular flexibility index (Phi) is 5.42. The van der Waals surface area contributed by atoms with Gasteiger partial charge >= 0.3 is 6.18 Å². The highest BCUT2D eigenvalue weighted by Gasteiger charge is 2.34. The molecule has 0 radical (unpaired) electrons. The van der Waals surface area contributed by atoms with Crippen molar-refractivity contribution in [2.24, 2.45) is 0 Å². The number of aliphatic hydroxyl groups excluding tert-OH is 1. The number of aromatic amines is 1. The number of hydrogen-bond donors (Lipinski definition) is 2. The van der Waals surface area contributed by atoms with Gasteiger partial charge in [-0.3, -0.25) is 5.10 Å². The molecule has 3 aromatic heterocycles. The zero-order valence-corrected chi connectivity index (χ0v) is 15.2. The van der Waals surface area contributed by atoms with Gasteiger partial charge < -0.3 is 9.52 Å². The molecule has 3 heterocycles. The van der Waals surface area contributed by atoms with Crippen LogP contribution in [0.25, 0.3) is 11.5 Å². The molecule has 0 aliphatic carbocycles. The summed E-state index contributed by atoms with van der Waals surface area (Å²) in [6.45, 7) is -0.513. The number of hydrogen-bond acceptors (Lipinski definition) is 6. The molecule has 0 aromatic carbocycles. The standard InChI is InChI=1S/C15H14F3N3O4S2/c16-15(17,18)13-8-11(19-20-13)12-3-4-14(25-12)27(23,24)21(5-6-22)9-10-2-1-7-26-10/h1-4,7-8,22H,5-6,9H2,(H,19,20). The van der Waals surface area contributed by atoms with Crippen LogP contribution in [-0.2, 0) is 22.7 Å². The lowest BCUT2D eigenvalue weighted by Crippen LogP contribution is -2.32. The average molecular weight is 421 g/mol. The molecule has 0 atom stereocenters. The molecule has 0 aliphatic heterocycles. The van der Waals surface area contributed by atoms with E-state index in [1.165, 1.54) is 17.4 Å². The summed E-state index contributed by atoms with van der Waals surface area (Å²) < 4.78 is 69.8. The van der Waals surface area contributed by atoms with E-state index in [0.29, 0.717) is 0 Å². The predicted molar refractivity (Wildman–Crippen MR) is 90.3 cm³/mol. The Labute approximate surface area is 156 Å².